The fourth-order valence-electron chi connectivity index (χ4n) is 3.62. The van der Waals surface area contributed by atoms with Gasteiger partial charge in [0.1, 0.15) is 5.72 Å². The summed E-state index contributed by atoms with van der Waals surface area (Å²) in [7, 11) is -5.35. The lowest BCUT2D eigenvalue weighted by molar-refractivity contribution is -0.0427. The van der Waals surface area contributed by atoms with Gasteiger partial charge in [-0.15, -0.1) is 0 Å². The number of benzene rings is 2. The summed E-state index contributed by atoms with van der Waals surface area (Å²) in [6.45, 7) is 5.04. The Morgan fingerprint density at radius 1 is 1.17 bits per heavy atom. The summed E-state index contributed by atoms with van der Waals surface area (Å²) in [6, 6.07) is 14.7. The van der Waals surface area contributed by atoms with Gasteiger partial charge in [-0.2, -0.15) is 4.31 Å². The van der Waals surface area contributed by atoms with Gasteiger partial charge in [-0.1, -0.05) is 41.0 Å². The summed E-state index contributed by atoms with van der Waals surface area (Å²) in [4.78, 5) is 3.54. The van der Waals surface area contributed by atoms with Crippen molar-refractivity contribution in [2.75, 3.05) is 12.3 Å². The van der Waals surface area contributed by atoms with Crippen molar-refractivity contribution in [2.45, 2.75) is 48.4 Å². The average Bonchev–Trinajstić information content (AvgIpc) is 2.97. The molecular weight excluding hydrogens is 424 g/mol. The molecule has 1 heterocycles. The molecule has 3 rings (SSSR count). The maximum absolute atomic E-state index is 13.5. The molecule has 0 aromatic heterocycles. The molecule has 160 valence electrons. The first-order valence-electron chi connectivity index (χ1n) is 9.40. The number of nitrogens with zero attached hydrogens (tertiary/aromatic N) is 4. The first-order valence-corrected chi connectivity index (χ1v) is 12.2. The molecular formula is C20H24N4O4S2. The number of hydrogen-bond acceptors (Lipinski definition) is 5. The molecule has 0 saturated carbocycles. The number of aryl methyl sites for hydroxylation is 1. The summed E-state index contributed by atoms with van der Waals surface area (Å²) >= 11 is 0. The monoisotopic (exact) mass is 448 g/mol. The zero-order valence-electron chi connectivity index (χ0n) is 17.0. The summed E-state index contributed by atoms with van der Waals surface area (Å²) in [5.41, 5.74) is 8.56. The van der Waals surface area contributed by atoms with E-state index in [0.29, 0.717) is 4.90 Å². The van der Waals surface area contributed by atoms with Crippen LogP contribution in [0.1, 0.15) is 19.4 Å². The normalized spacial score (nSPS) is 22.4. The molecule has 30 heavy (non-hydrogen) atoms. The SMILES string of the molecule is Cc1ccc(S(=O)(=O)N2[C@H](CN=[N+]=[N-])[C@@H](CS(=O)c3ccccc3)OC2(C)C)cc1. The van der Waals surface area contributed by atoms with Gasteiger partial charge in [0.05, 0.1) is 33.6 Å². The quantitative estimate of drug-likeness (QED) is 0.366. The molecule has 0 amide bonds. The van der Waals surface area contributed by atoms with E-state index in [1.165, 1.54) is 4.31 Å². The molecule has 1 saturated heterocycles. The molecule has 2 aromatic rings. The molecule has 0 aliphatic carbocycles. The largest absolute Gasteiger partial charge is 0.354 e. The van der Waals surface area contributed by atoms with Gasteiger partial charge in [0.2, 0.25) is 10.0 Å². The van der Waals surface area contributed by atoms with Crippen LogP contribution in [0.25, 0.3) is 10.4 Å². The van der Waals surface area contributed by atoms with E-state index in [9.17, 15) is 12.6 Å². The Balaban J connectivity index is 1.97. The van der Waals surface area contributed by atoms with E-state index in [1.807, 2.05) is 13.0 Å². The van der Waals surface area contributed by atoms with Gasteiger partial charge < -0.3 is 4.74 Å². The Morgan fingerprint density at radius 2 is 1.80 bits per heavy atom. The van der Waals surface area contributed by atoms with Crippen molar-refractivity contribution < 1.29 is 17.4 Å². The Kier molecular flexibility index (Phi) is 6.64. The van der Waals surface area contributed by atoms with Gasteiger partial charge in [0, 0.05) is 16.4 Å². The number of hydrogen-bond donors (Lipinski definition) is 0. The second-order valence-corrected chi connectivity index (χ2v) is 10.8. The third-order valence-corrected chi connectivity index (χ3v) is 8.46. The molecule has 1 aliphatic heterocycles. The summed E-state index contributed by atoms with van der Waals surface area (Å²) in [6.07, 6.45) is -0.702. The lowest BCUT2D eigenvalue weighted by Crippen LogP contribution is -2.49. The molecule has 1 fully saturated rings. The van der Waals surface area contributed by atoms with E-state index in [0.717, 1.165) is 5.56 Å². The highest BCUT2D eigenvalue weighted by Gasteiger charge is 2.53. The number of rotatable bonds is 7. The topological polar surface area (TPSA) is 112 Å². The second kappa shape index (κ2) is 8.87. The smallest absolute Gasteiger partial charge is 0.245 e. The number of azide groups is 1. The van der Waals surface area contributed by atoms with E-state index in [1.54, 1.807) is 62.4 Å². The lowest BCUT2D eigenvalue weighted by Gasteiger charge is -2.32. The van der Waals surface area contributed by atoms with Crippen LogP contribution < -0.4 is 0 Å². The van der Waals surface area contributed by atoms with Crippen LogP contribution in [0.3, 0.4) is 0 Å². The van der Waals surface area contributed by atoms with E-state index in [4.69, 9.17) is 10.3 Å². The van der Waals surface area contributed by atoms with E-state index in [-0.39, 0.29) is 17.2 Å². The average molecular weight is 449 g/mol. The highest BCUT2D eigenvalue weighted by Crippen LogP contribution is 2.38. The van der Waals surface area contributed by atoms with Crippen molar-refractivity contribution in [2.24, 2.45) is 5.11 Å². The molecule has 0 N–H and O–H groups in total. The Morgan fingerprint density at radius 3 is 2.40 bits per heavy atom. The van der Waals surface area contributed by atoms with Crippen molar-refractivity contribution in [3.8, 4) is 0 Å². The first kappa shape index (κ1) is 22.5. The molecule has 8 nitrogen and oxygen atoms in total. The third kappa shape index (κ3) is 4.58. The predicted octanol–water partition coefficient (Wildman–Crippen LogP) is 3.61. The highest BCUT2D eigenvalue weighted by molar-refractivity contribution is 7.89. The highest BCUT2D eigenvalue weighted by atomic mass is 32.2. The Labute approximate surface area is 179 Å². The van der Waals surface area contributed by atoms with Crippen molar-refractivity contribution in [1.82, 2.24) is 4.31 Å². The van der Waals surface area contributed by atoms with Gasteiger partial charge in [-0.3, -0.25) is 4.21 Å². The maximum Gasteiger partial charge on any atom is 0.245 e. The number of ether oxygens (including phenoxy) is 1. The zero-order chi connectivity index (χ0) is 21.9. The minimum atomic E-state index is -3.95. The van der Waals surface area contributed by atoms with Crippen LogP contribution in [-0.2, 0) is 25.6 Å². The Bertz CT molecular complexity index is 1070. The van der Waals surface area contributed by atoms with Crippen molar-refractivity contribution in [3.63, 3.8) is 0 Å². The van der Waals surface area contributed by atoms with Gasteiger partial charge >= 0.3 is 0 Å². The van der Waals surface area contributed by atoms with Crippen LogP contribution in [0.15, 0.2) is 69.5 Å². The minimum absolute atomic E-state index is 0.0823. The first-order chi connectivity index (χ1) is 14.2. The van der Waals surface area contributed by atoms with Crippen LogP contribution in [0, 0.1) is 6.92 Å². The van der Waals surface area contributed by atoms with Gasteiger partial charge in [-0.05, 0) is 50.6 Å². The van der Waals surface area contributed by atoms with E-state index < -0.39 is 38.7 Å². The molecule has 10 heteroatoms. The Hall–Kier alpha value is -2.23. The summed E-state index contributed by atoms with van der Waals surface area (Å²) in [5.74, 6) is 0.0823. The summed E-state index contributed by atoms with van der Waals surface area (Å²) in [5, 5.41) is 3.62. The second-order valence-electron chi connectivity index (χ2n) is 7.52. The van der Waals surface area contributed by atoms with E-state index >= 15 is 0 Å². The van der Waals surface area contributed by atoms with Gasteiger partial charge in [0.15, 0.2) is 0 Å². The third-order valence-electron chi connectivity index (χ3n) is 4.93. The predicted molar refractivity (Wildman–Crippen MR) is 115 cm³/mol. The molecule has 0 bridgehead atoms. The fraction of sp³-hybridized carbons (Fsp3) is 0.400. The fourth-order valence-corrected chi connectivity index (χ4v) is 6.75. The maximum atomic E-state index is 13.5. The molecule has 1 unspecified atom stereocenters. The van der Waals surface area contributed by atoms with E-state index in [2.05, 4.69) is 10.0 Å². The minimum Gasteiger partial charge on any atom is -0.354 e. The number of sulfonamides is 1. The van der Waals surface area contributed by atoms with Gasteiger partial charge in [-0.25, -0.2) is 8.42 Å². The molecule has 0 radical (unpaired) electrons. The van der Waals surface area contributed by atoms with Crippen molar-refractivity contribution in [1.29, 1.82) is 0 Å². The van der Waals surface area contributed by atoms with Crippen LogP contribution in [0.5, 0.6) is 0 Å². The van der Waals surface area contributed by atoms with Crippen LogP contribution in [0.2, 0.25) is 0 Å². The van der Waals surface area contributed by atoms with Crippen LogP contribution >= 0.6 is 0 Å². The molecule has 3 atom stereocenters. The standard InChI is InChI=1S/C20H24N4O4S2/c1-15-9-11-17(12-10-15)30(26,27)24-18(13-22-23-21)19(28-20(24,2)3)14-29(25)16-7-5-4-6-8-16/h4-12,18-19H,13-14H2,1-3H3/t18-,19-,29?/m1/s1. The van der Waals surface area contributed by atoms with Crippen LogP contribution in [-0.4, -0.2) is 47.1 Å². The van der Waals surface area contributed by atoms with Gasteiger partial charge in [0.25, 0.3) is 0 Å². The van der Waals surface area contributed by atoms with Crippen molar-refractivity contribution >= 4 is 20.8 Å². The van der Waals surface area contributed by atoms with Crippen molar-refractivity contribution in [3.05, 3.63) is 70.6 Å². The molecule has 2 aromatic carbocycles. The molecule has 0 spiro atoms. The summed E-state index contributed by atoms with van der Waals surface area (Å²) < 4.78 is 47.1. The lowest BCUT2D eigenvalue weighted by atomic mass is 10.2. The zero-order valence-corrected chi connectivity index (χ0v) is 18.6. The molecule has 1 aliphatic rings. The van der Waals surface area contributed by atoms with Crippen LogP contribution in [0.4, 0.5) is 0 Å².